The first-order chi connectivity index (χ1) is 7.64. The highest BCUT2D eigenvalue weighted by molar-refractivity contribution is 6.31. The molecule has 1 heterocycles. The van der Waals surface area contributed by atoms with Gasteiger partial charge in [-0.25, -0.2) is 0 Å². The summed E-state index contributed by atoms with van der Waals surface area (Å²) in [4.78, 5) is 0. The molecule has 2 unspecified atom stereocenters. The Labute approximate surface area is 107 Å². The van der Waals surface area contributed by atoms with Gasteiger partial charge in [0.15, 0.2) is 0 Å². The summed E-state index contributed by atoms with van der Waals surface area (Å²) in [6.07, 6.45) is -1.34. The summed E-state index contributed by atoms with van der Waals surface area (Å²) in [7, 11) is 1.78. The minimum atomic E-state index is -0.845. The Bertz CT molecular complexity index is 396. The van der Waals surface area contributed by atoms with Crippen molar-refractivity contribution in [2.75, 3.05) is 0 Å². The predicted molar refractivity (Wildman–Crippen MR) is 68.1 cm³/mol. The number of nitrogens with zero attached hydrogens (tertiary/aromatic N) is 2. The number of rotatable bonds is 3. The molecule has 2 atom stereocenters. The second kappa shape index (κ2) is 4.96. The minimum Gasteiger partial charge on any atom is -0.390 e. The molecule has 0 saturated carbocycles. The number of aryl methyl sites for hydroxylation is 2. The monoisotopic (exact) mass is 260 g/mol. The summed E-state index contributed by atoms with van der Waals surface area (Å²) < 4.78 is 1.65. The van der Waals surface area contributed by atoms with Gasteiger partial charge in [0, 0.05) is 13.5 Å². The summed E-state index contributed by atoms with van der Waals surface area (Å²) >= 11 is 6.10. The van der Waals surface area contributed by atoms with Crippen LogP contribution in [0.1, 0.15) is 32.2 Å². The van der Waals surface area contributed by atoms with E-state index in [1.807, 2.05) is 27.7 Å². The van der Waals surface area contributed by atoms with E-state index < -0.39 is 12.2 Å². The average molecular weight is 261 g/mol. The van der Waals surface area contributed by atoms with Crippen LogP contribution in [0, 0.1) is 12.3 Å². The molecular weight excluding hydrogens is 240 g/mol. The molecular formula is C12H21ClN2O2. The molecule has 1 aromatic heterocycles. The highest BCUT2D eigenvalue weighted by atomic mass is 35.5. The second-order valence-corrected chi connectivity index (χ2v) is 5.93. The number of hydrogen-bond acceptors (Lipinski definition) is 3. The van der Waals surface area contributed by atoms with E-state index in [-0.39, 0.29) is 5.41 Å². The van der Waals surface area contributed by atoms with Crippen LogP contribution in [-0.4, -0.2) is 32.2 Å². The van der Waals surface area contributed by atoms with Gasteiger partial charge in [-0.2, -0.15) is 5.10 Å². The van der Waals surface area contributed by atoms with Crippen LogP contribution < -0.4 is 0 Å². The average Bonchev–Trinajstić information content (AvgIpc) is 2.42. The highest BCUT2D eigenvalue weighted by Crippen LogP contribution is 2.26. The van der Waals surface area contributed by atoms with Crippen LogP contribution in [0.3, 0.4) is 0 Å². The molecule has 0 spiro atoms. The van der Waals surface area contributed by atoms with E-state index >= 15 is 0 Å². The number of aromatic nitrogens is 2. The molecule has 0 bridgehead atoms. The van der Waals surface area contributed by atoms with Gasteiger partial charge in [-0.3, -0.25) is 4.68 Å². The Morgan fingerprint density at radius 1 is 1.35 bits per heavy atom. The van der Waals surface area contributed by atoms with E-state index in [9.17, 15) is 10.2 Å². The third-order valence-electron chi connectivity index (χ3n) is 2.92. The number of aliphatic hydroxyl groups is 2. The van der Waals surface area contributed by atoms with Crippen molar-refractivity contribution in [3.8, 4) is 0 Å². The van der Waals surface area contributed by atoms with Crippen molar-refractivity contribution < 1.29 is 10.2 Å². The molecule has 0 aliphatic heterocycles. The lowest BCUT2D eigenvalue weighted by Crippen LogP contribution is -2.39. The van der Waals surface area contributed by atoms with Gasteiger partial charge >= 0.3 is 0 Å². The van der Waals surface area contributed by atoms with Crippen molar-refractivity contribution >= 4 is 11.6 Å². The summed E-state index contributed by atoms with van der Waals surface area (Å²) in [5, 5.41) is 24.7. The molecule has 0 radical (unpaired) electrons. The molecule has 2 N–H and O–H groups in total. The SMILES string of the molecule is Cc1nn(C)c(CC(O)C(O)C(C)(C)C)c1Cl. The van der Waals surface area contributed by atoms with Gasteiger partial charge < -0.3 is 10.2 Å². The lowest BCUT2D eigenvalue weighted by molar-refractivity contribution is -0.0440. The van der Waals surface area contributed by atoms with E-state index in [1.54, 1.807) is 11.7 Å². The Balaban J connectivity index is 2.85. The summed E-state index contributed by atoms with van der Waals surface area (Å²) in [6, 6.07) is 0. The Morgan fingerprint density at radius 3 is 2.24 bits per heavy atom. The standard InChI is InChI=1S/C12H21ClN2O2/c1-7-10(13)8(15(5)14-7)6-9(16)11(17)12(2,3)4/h9,11,16-17H,6H2,1-5H3. The van der Waals surface area contributed by atoms with Crippen LogP contribution in [0.2, 0.25) is 5.02 Å². The van der Waals surface area contributed by atoms with Crippen molar-refractivity contribution in [2.45, 2.75) is 46.3 Å². The maximum Gasteiger partial charge on any atom is 0.0859 e. The van der Waals surface area contributed by atoms with Crippen molar-refractivity contribution in [3.63, 3.8) is 0 Å². The Kier molecular flexibility index (Phi) is 4.23. The van der Waals surface area contributed by atoms with Gasteiger partial charge in [-0.05, 0) is 12.3 Å². The fourth-order valence-corrected chi connectivity index (χ4v) is 2.03. The third-order valence-corrected chi connectivity index (χ3v) is 3.41. The van der Waals surface area contributed by atoms with Crippen molar-refractivity contribution in [3.05, 3.63) is 16.4 Å². The molecule has 0 aliphatic rings. The van der Waals surface area contributed by atoms with Crippen LogP contribution in [-0.2, 0) is 13.5 Å². The first-order valence-corrected chi connectivity index (χ1v) is 6.06. The molecule has 0 aromatic carbocycles. The molecule has 0 saturated heterocycles. The molecule has 5 heteroatoms. The largest absolute Gasteiger partial charge is 0.390 e. The topological polar surface area (TPSA) is 58.3 Å². The molecule has 0 fully saturated rings. The molecule has 1 aromatic rings. The zero-order valence-electron chi connectivity index (χ0n) is 11.0. The summed E-state index contributed by atoms with van der Waals surface area (Å²) in [6.45, 7) is 7.48. The van der Waals surface area contributed by atoms with Gasteiger partial charge in [0.2, 0.25) is 0 Å². The van der Waals surface area contributed by atoms with Crippen molar-refractivity contribution in [2.24, 2.45) is 12.5 Å². The van der Waals surface area contributed by atoms with Crippen LogP contribution >= 0.6 is 11.6 Å². The first-order valence-electron chi connectivity index (χ1n) is 5.68. The van der Waals surface area contributed by atoms with Gasteiger partial charge in [0.1, 0.15) is 0 Å². The van der Waals surface area contributed by atoms with Crippen molar-refractivity contribution in [1.82, 2.24) is 9.78 Å². The smallest absolute Gasteiger partial charge is 0.0859 e. The molecule has 17 heavy (non-hydrogen) atoms. The van der Waals surface area contributed by atoms with Crippen LogP contribution in [0.5, 0.6) is 0 Å². The number of aliphatic hydroxyl groups excluding tert-OH is 2. The molecule has 0 aliphatic carbocycles. The second-order valence-electron chi connectivity index (χ2n) is 5.55. The summed E-state index contributed by atoms with van der Waals surface area (Å²) in [5.74, 6) is 0. The normalized spacial score (nSPS) is 16.0. The zero-order chi connectivity index (χ0) is 13.4. The van der Waals surface area contributed by atoms with Crippen LogP contribution in [0.25, 0.3) is 0 Å². The molecule has 0 amide bonds. The zero-order valence-corrected chi connectivity index (χ0v) is 11.8. The van der Waals surface area contributed by atoms with E-state index in [4.69, 9.17) is 11.6 Å². The minimum absolute atomic E-state index is 0.300. The van der Waals surface area contributed by atoms with Crippen molar-refractivity contribution in [1.29, 1.82) is 0 Å². The quantitative estimate of drug-likeness (QED) is 0.870. The van der Waals surface area contributed by atoms with Gasteiger partial charge in [-0.15, -0.1) is 0 Å². The predicted octanol–water partition coefficient (Wildman–Crippen LogP) is 1.69. The first kappa shape index (κ1) is 14.5. The number of halogens is 1. The molecule has 98 valence electrons. The fraction of sp³-hybridized carbons (Fsp3) is 0.750. The fourth-order valence-electron chi connectivity index (χ4n) is 1.79. The lowest BCUT2D eigenvalue weighted by atomic mass is 9.84. The van der Waals surface area contributed by atoms with Crippen LogP contribution in [0.15, 0.2) is 0 Å². The third kappa shape index (κ3) is 3.21. The molecule has 1 rings (SSSR count). The Morgan fingerprint density at radius 2 is 1.88 bits per heavy atom. The molecule has 4 nitrogen and oxygen atoms in total. The maximum absolute atomic E-state index is 10.0. The van der Waals surface area contributed by atoms with E-state index in [0.717, 1.165) is 11.4 Å². The van der Waals surface area contributed by atoms with E-state index in [0.29, 0.717) is 11.4 Å². The van der Waals surface area contributed by atoms with Crippen LogP contribution in [0.4, 0.5) is 0 Å². The highest BCUT2D eigenvalue weighted by Gasteiger charge is 2.30. The van der Waals surface area contributed by atoms with Gasteiger partial charge in [0.25, 0.3) is 0 Å². The van der Waals surface area contributed by atoms with Gasteiger partial charge in [0.05, 0.1) is 28.6 Å². The summed E-state index contributed by atoms with van der Waals surface area (Å²) in [5.41, 5.74) is 1.13. The maximum atomic E-state index is 10.0. The van der Waals surface area contributed by atoms with Gasteiger partial charge in [-0.1, -0.05) is 32.4 Å². The Hall–Kier alpha value is -0.580. The number of hydrogen-bond donors (Lipinski definition) is 2. The van der Waals surface area contributed by atoms with E-state index in [1.165, 1.54) is 0 Å². The lowest BCUT2D eigenvalue weighted by Gasteiger charge is -2.30. The van der Waals surface area contributed by atoms with E-state index in [2.05, 4.69) is 5.10 Å².